The van der Waals surface area contributed by atoms with Crippen LogP contribution in [0.25, 0.3) is 0 Å². The van der Waals surface area contributed by atoms with E-state index < -0.39 is 0 Å². The molecular weight excluding hydrogens is 516 g/mol. The fourth-order valence-electron chi connectivity index (χ4n) is 7.94. The molecule has 244 valence electrons. The Kier molecular flexibility index (Phi) is 25.2. The Hall–Kier alpha value is -1.24. The van der Waals surface area contributed by atoms with Crippen molar-refractivity contribution in [3.63, 3.8) is 0 Å². The molecule has 1 aliphatic rings. The maximum Gasteiger partial charge on any atom is 0.234 e. The molecule has 4 heteroatoms. The number of carbonyl (C=O) groups excluding carboxylic acids is 2. The van der Waals surface area contributed by atoms with E-state index in [0.29, 0.717) is 23.9 Å². The zero-order valence-corrected chi connectivity index (χ0v) is 28.3. The van der Waals surface area contributed by atoms with Crippen molar-refractivity contribution in [3.8, 4) is 0 Å². The minimum Gasteiger partial charge on any atom is -0.211 e. The Morgan fingerprint density at radius 2 is 0.667 bits per heavy atom. The third-order valence-electron chi connectivity index (χ3n) is 10.2. The first-order chi connectivity index (χ1) is 20.7. The lowest BCUT2D eigenvalue weighted by Crippen LogP contribution is -2.46. The highest BCUT2D eigenvalue weighted by atomic mass is 16.1. The molecule has 0 bridgehead atoms. The Bertz CT molecular complexity index is 644. The minimum absolute atomic E-state index is 0.630. The van der Waals surface area contributed by atoms with Gasteiger partial charge in [-0.1, -0.05) is 155 Å². The molecule has 0 amide bonds. The summed E-state index contributed by atoms with van der Waals surface area (Å²) >= 11 is 0. The number of rotatable bonds is 32. The SMILES string of the molecule is CCCCCCCCC1(CCCCCCCCN=C=O)CC(CCCCCCCC)(CCCCCCCCN=C=O)C1. The number of unbranched alkanes of at least 4 members (excludes halogenated alkanes) is 20. The van der Waals surface area contributed by atoms with Crippen LogP contribution >= 0.6 is 0 Å². The average Bonchev–Trinajstić information content (AvgIpc) is 2.98. The monoisotopic (exact) mass is 587 g/mol. The van der Waals surface area contributed by atoms with Crippen LogP contribution in [0.4, 0.5) is 0 Å². The number of aliphatic imine (C=N–C) groups is 2. The topological polar surface area (TPSA) is 58.9 Å². The standard InChI is InChI=1S/C38H70N2O2/c1-3-5-7-9-15-21-27-37(29-23-17-11-13-19-25-31-39-35-41)33-38(34-37,28-22-16-10-8-6-4-2)30-24-18-12-14-20-26-32-40-36-42/h3-34H2,1-2H3. The summed E-state index contributed by atoms with van der Waals surface area (Å²) in [5.74, 6) is 0. The van der Waals surface area contributed by atoms with E-state index in [9.17, 15) is 9.59 Å². The van der Waals surface area contributed by atoms with E-state index in [1.807, 2.05) is 0 Å². The van der Waals surface area contributed by atoms with Crippen molar-refractivity contribution in [1.82, 2.24) is 0 Å². The predicted octanol–water partition coefficient (Wildman–Crippen LogP) is 12.4. The van der Waals surface area contributed by atoms with Crippen LogP contribution in [0.2, 0.25) is 0 Å². The zero-order valence-electron chi connectivity index (χ0n) is 28.3. The number of hydrogen-bond donors (Lipinski definition) is 0. The van der Waals surface area contributed by atoms with E-state index in [0.717, 1.165) is 12.8 Å². The summed E-state index contributed by atoms with van der Waals surface area (Å²) in [5, 5.41) is 0. The van der Waals surface area contributed by atoms with Gasteiger partial charge in [0.15, 0.2) is 0 Å². The first-order valence-corrected chi connectivity index (χ1v) is 18.7. The molecular formula is C38H70N2O2. The highest BCUT2D eigenvalue weighted by molar-refractivity contribution is 5.32. The molecule has 0 aliphatic heterocycles. The molecule has 1 saturated carbocycles. The molecule has 0 radical (unpaired) electrons. The van der Waals surface area contributed by atoms with E-state index in [1.165, 1.54) is 180 Å². The van der Waals surface area contributed by atoms with Gasteiger partial charge < -0.3 is 0 Å². The molecule has 0 unspecified atom stereocenters. The van der Waals surface area contributed by atoms with Crippen LogP contribution in [0.5, 0.6) is 0 Å². The molecule has 0 saturated heterocycles. The smallest absolute Gasteiger partial charge is 0.211 e. The van der Waals surface area contributed by atoms with Crippen molar-refractivity contribution in [1.29, 1.82) is 0 Å². The maximum absolute atomic E-state index is 10.2. The molecule has 1 rings (SSSR count). The molecule has 0 N–H and O–H groups in total. The summed E-state index contributed by atoms with van der Waals surface area (Å²) in [6.45, 7) is 5.94. The second-order valence-electron chi connectivity index (χ2n) is 14.1. The fraction of sp³-hybridized carbons (Fsp3) is 0.947. The summed E-state index contributed by atoms with van der Waals surface area (Å²) < 4.78 is 0. The molecule has 0 aromatic carbocycles. The molecule has 0 aromatic rings. The van der Waals surface area contributed by atoms with Crippen molar-refractivity contribution in [2.24, 2.45) is 20.8 Å². The van der Waals surface area contributed by atoms with Crippen LogP contribution in [0.15, 0.2) is 9.98 Å². The van der Waals surface area contributed by atoms with Gasteiger partial charge >= 0.3 is 0 Å². The van der Waals surface area contributed by atoms with E-state index in [4.69, 9.17) is 0 Å². The fourth-order valence-corrected chi connectivity index (χ4v) is 7.94. The van der Waals surface area contributed by atoms with Crippen molar-refractivity contribution >= 4 is 12.2 Å². The van der Waals surface area contributed by atoms with Gasteiger partial charge in [-0.3, -0.25) is 0 Å². The zero-order chi connectivity index (χ0) is 30.5. The average molecular weight is 587 g/mol. The predicted molar refractivity (Wildman–Crippen MR) is 181 cm³/mol. The number of hydrogen-bond acceptors (Lipinski definition) is 4. The number of nitrogens with zero attached hydrogens (tertiary/aromatic N) is 2. The van der Waals surface area contributed by atoms with Crippen LogP contribution < -0.4 is 0 Å². The van der Waals surface area contributed by atoms with Crippen molar-refractivity contribution < 1.29 is 9.59 Å². The highest BCUT2D eigenvalue weighted by Crippen LogP contribution is 2.63. The van der Waals surface area contributed by atoms with Gasteiger partial charge in [0.05, 0.1) is 13.1 Å². The lowest BCUT2D eigenvalue weighted by molar-refractivity contribution is -0.0710. The van der Waals surface area contributed by atoms with Gasteiger partial charge in [-0.2, -0.15) is 0 Å². The molecule has 1 fully saturated rings. The van der Waals surface area contributed by atoms with E-state index >= 15 is 0 Å². The molecule has 0 spiro atoms. The van der Waals surface area contributed by atoms with Crippen LogP contribution in [0.1, 0.15) is 206 Å². The normalized spacial score (nSPS) is 19.7. The van der Waals surface area contributed by atoms with Crippen molar-refractivity contribution in [2.75, 3.05) is 13.1 Å². The van der Waals surface area contributed by atoms with Crippen LogP contribution in [-0.2, 0) is 9.59 Å². The maximum atomic E-state index is 10.2. The number of isocyanates is 2. The van der Waals surface area contributed by atoms with E-state index in [-0.39, 0.29) is 0 Å². The third-order valence-corrected chi connectivity index (χ3v) is 10.2. The summed E-state index contributed by atoms with van der Waals surface area (Å²) in [6, 6.07) is 0. The van der Waals surface area contributed by atoms with Crippen LogP contribution in [0, 0.1) is 10.8 Å². The summed E-state index contributed by atoms with van der Waals surface area (Å²) in [7, 11) is 0. The second-order valence-corrected chi connectivity index (χ2v) is 14.1. The first kappa shape index (κ1) is 38.8. The van der Waals surface area contributed by atoms with Gasteiger partial charge in [-0.05, 0) is 62.2 Å². The molecule has 1 aliphatic carbocycles. The molecule has 0 aromatic heterocycles. The second kappa shape index (κ2) is 27.3. The molecule has 0 atom stereocenters. The van der Waals surface area contributed by atoms with Crippen molar-refractivity contribution in [2.45, 2.75) is 206 Å². The Morgan fingerprint density at radius 1 is 0.405 bits per heavy atom. The molecule has 4 nitrogen and oxygen atoms in total. The van der Waals surface area contributed by atoms with E-state index in [1.54, 1.807) is 12.2 Å². The van der Waals surface area contributed by atoms with Gasteiger partial charge in [0, 0.05) is 0 Å². The summed E-state index contributed by atoms with van der Waals surface area (Å²) in [5.41, 5.74) is 1.26. The van der Waals surface area contributed by atoms with Gasteiger partial charge in [0.1, 0.15) is 0 Å². The lowest BCUT2D eigenvalue weighted by Gasteiger charge is -2.58. The lowest BCUT2D eigenvalue weighted by atomic mass is 9.47. The highest BCUT2D eigenvalue weighted by Gasteiger charge is 2.52. The van der Waals surface area contributed by atoms with Gasteiger partial charge in [0.2, 0.25) is 12.2 Å². The Labute approximate surface area is 261 Å². The van der Waals surface area contributed by atoms with Crippen LogP contribution in [-0.4, -0.2) is 25.2 Å². The largest absolute Gasteiger partial charge is 0.234 e. The Morgan fingerprint density at radius 3 is 0.952 bits per heavy atom. The molecule has 42 heavy (non-hydrogen) atoms. The quantitative estimate of drug-likeness (QED) is 0.0447. The first-order valence-electron chi connectivity index (χ1n) is 18.7. The summed E-state index contributed by atoms with van der Waals surface area (Å²) in [4.78, 5) is 27.9. The Balaban J connectivity index is 2.58. The van der Waals surface area contributed by atoms with Crippen molar-refractivity contribution in [3.05, 3.63) is 0 Å². The molecule has 0 heterocycles. The summed E-state index contributed by atoms with van der Waals surface area (Å²) in [6.07, 6.45) is 44.4. The van der Waals surface area contributed by atoms with Gasteiger partial charge in [0.25, 0.3) is 0 Å². The van der Waals surface area contributed by atoms with Crippen LogP contribution in [0.3, 0.4) is 0 Å². The van der Waals surface area contributed by atoms with Gasteiger partial charge in [-0.25, -0.2) is 19.6 Å². The third kappa shape index (κ3) is 19.9. The van der Waals surface area contributed by atoms with Gasteiger partial charge in [-0.15, -0.1) is 0 Å². The minimum atomic E-state index is 0.630. The van der Waals surface area contributed by atoms with E-state index in [2.05, 4.69) is 23.8 Å².